The van der Waals surface area contributed by atoms with Crippen molar-refractivity contribution >= 4 is 98.0 Å². The monoisotopic (exact) mass is 1820 g/mol. The normalized spacial score (nSPS) is 21.8. The standard InChI is InChI=1S/C41H43F3O6Si.2C22H29F3O6Si.2CH4.S4/c1-27-37(50-51(5,6)39(2,3)4)35(49-38(27)47-31-22-23-32-33(41(42,43)44)25-36(45)48-34(32)24-31)26-46-40(28-16-10-7-11-17-28,29-18-12-8-13-19-29)30-20-14-9-15-21-30;2*1-12-19(31-32(5,6)21(2,3)4)17(11-26)30-20(12)28-13-7-8-14-15(22(23,24)25)10-18(27)29-16(14)9-13;;;1-3-4-2/h7-25,27,35,37-38H,26H2,1-6H3;2*7-10,12,17,19-20,26H,11H2,1-6H3;2*1H4;/t27?,35-,37+,38?;12?,17-,19+,20+;12?,17-,19+,20-;;;/m111.../s1. The Balaban J connectivity index is 0.000000252. The highest BCUT2D eigenvalue weighted by molar-refractivity contribution is 8.51. The zero-order chi connectivity index (χ0) is 88.1. The molecule has 4 unspecified atom stereocenters. The molecule has 12 atom stereocenters. The average Bonchev–Trinajstić information content (AvgIpc) is 0.740. The van der Waals surface area contributed by atoms with E-state index < -0.39 is 138 Å². The van der Waals surface area contributed by atoms with E-state index in [0.717, 1.165) is 16.7 Å². The van der Waals surface area contributed by atoms with Crippen molar-refractivity contribution in [2.75, 3.05) is 19.8 Å². The van der Waals surface area contributed by atoms with Crippen LogP contribution in [0.5, 0.6) is 17.2 Å². The van der Waals surface area contributed by atoms with E-state index in [9.17, 15) is 64.1 Å². The highest BCUT2D eigenvalue weighted by Crippen LogP contribution is 2.49. The van der Waals surface area contributed by atoms with E-state index in [2.05, 4.69) is 160 Å². The van der Waals surface area contributed by atoms with E-state index in [4.69, 9.17) is 59.7 Å². The van der Waals surface area contributed by atoms with Crippen LogP contribution >= 0.6 is 0 Å². The van der Waals surface area contributed by atoms with Crippen LogP contribution in [0.1, 0.15) is 131 Å². The van der Waals surface area contributed by atoms with Gasteiger partial charge in [0.1, 0.15) is 57.9 Å². The van der Waals surface area contributed by atoms with Crippen LogP contribution < -0.4 is 31.1 Å². The fourth-order valence-electron chi connectivity index (χ4n) is 13.3. The van der Waals surface area contributed by atoms with Gasteiger partial charge in [0, 0.05) is 110 Å². The van der Waals surface area contributed by atoms with Crippen LogP contribution in [0.2, 0.25) is 54.4 Å². The lowest BCUT2D eigenvalue weighted by Gasteiger charge is -2.41. The number of aliphatic hydroxyl groups is 2. The molecule has 12 rings (SSSR count). The van der Waals surface area contributed by atoms with E-state index in [1.54, 1.807) is 0 Å². The molecule has 6 heterocycles. The summed E-state index contributed by atoms with van der Waals surface area (Å²) in [6.07, 6.45) is -19.6. The Morgan fingerprint density at radius 1 is 0.388 bits per heavy atom. The largest absolute Gasteiger partial charge is 0.464 e. The van der Waals surface area contributed by atoms with Crippen molar-refractivity contribution in [3.8, 4) is 17.2 Å². The summed E-state index contributed by atoms with van der Waals surface area (Å²) in [5.41, 5.74) is -5.37. The molecule has 3 aliphatic heterocycles. The van der Waals surface area contributed by atoms with E-state index >= 15 is 0 Å². The van der Waals surface area contributed by atoms with E-state index in [-0.39, 0.29) is 118 Å². The van der Waals surface area contributed by atoms with Gasteiger partial charge in [-0.2, -0.15) is 39.5 Å². The summed E-state index contributed by atoms with van der Waals surface area (Å²) in [5.74, 6) is -0.267. The highest BCUT2D eigenvalue weighted by atomic mass is 33.2. The first-order valence-electron chi connectivity index (χ1n) is 38.4. The first kappa shape index (κ1) is 101. The van der Waals surface area contributed by atoms with Crippen molar-refractivity contribution in [3.05, 3.63) is 228 Å². The van der Waals surface area contributed by atoms with Gasteiger partial charge in [-0.15, -0.1) is 0 Å². The van der Waals surface area contributed by atoms with Crippen molar-refractivity contribution in [1.82, 2.24) is 0 Å². The molecule has 6 aromatic carbocycles. The van der Waals surface area contributed by atoms with Crippen molar-refractivity contribution in [1.29, 1.82) is 0 Å². The minimum atomic E-state index is -4.73. The summed E-state index contributed by atoms with van der Waals surface area (Å²) in [4.78, 5) is 35.3. The number of hydrogen-bond donors (Lipinski definition) is 2. The summed E-state index contributed by atoms with van der Waals surface area (Å²) < 4.78 is 199. The molecule has 0 bridgehead atoms. The Bertz CT molecular complexity index is 4950. The van der Waals surface area contributed by atoms with Gasteiger partial charge in [-0.3, -0.25) is 0 Å². The van der Waals surface area contributed by atoms with E-state index in [0.29, 0.717) is 18.2 Å². The molecule has 9 aromatic rings. The van der Waals surface area contributed by atoms with E-state index in [1.165, 1.54) is 72.4 Å². The summed E-state index contributed by atoms with van der Waals surface area (Å²) >= 11 is 8.66. The third-order valence-electron chi connectivity index (χ3n) is 22.8. The molecule has 2 N–H and O–H groups in total. The molecule has 3 saturated heterocycles. The second kappa shape index (κ2) is 40.0. The number of rotatable bonds is 20. The van der Waals surface area contributed by atoms with Gasteiger partial charge in [-0.1, -0.05) is 189 Å². The van der Waals surface area contributed by atoms with Gasteiger partial charge in [0.25, 0.3) is 0 Å². The Labute approximate surface area is 718 Å². The maximum atomic E-state index is 13.7. The minimum Gasteiger partial charge on any atom is -0.464 e. The lowest BCUT2D eigenvalue weighted by Crippen LogP contribution is -2.49. The van der Waals surface area contributed by atoms with Crippen LogP contribution in [0.3, 0.4) is 0 Å². The number of hydrogen-bond acceptors (Lipinski definition) is 20. The number of alkyl halides is 9. The predicted molar refractivity (Wildman–Crippen MR) is 466 cm³/mol. The second-order valence-electron chi connectivity index (χ2n) is 34.1. The molecule has 0 saturated carbocycles. The zero-order valence-corrected chi connectivity index (χ0v) is 75.4. The van der Waals surface area contributed by atoms with Crippen LogP contribution in [0, 0.1) is 17.8 Å². The first-order chi connectivity index (χ1) is 55.3. The molecule has 3 fully saturated rings. The van der Waals surface area contributed by atoms with Crippen LogP contribution in [0.15, 0.2) is 191 Å². The Hall–Kier alpha value is -7.11. The van der Waals surface area contributed by atoms with E-state index in [1.807, 2.05) is 75.4 Å². The van der Waals surface area contributed by atoms with Crippen LogP contribution in [-0.2, 0) is 96.5 Å². The molecule has 0 spiro atoms. The van der Waals surface area contributed by atoms with Crippen molar-refractivity contribution in [3.63, 3.8) is 0 Å². The topological polar surface area (TPSA) is 223 Å². The quantitative estimate of drug-likeness (QED) is 0.0313. The minimum absolute atomic E-state index is 0. The van der Waals surface area contributed by atoms with Crippen LogP contribution in [0.25, 0.3) is 32.9 Å². The van der Waals surface area contributed by atoms with Gasteiger partial charge < -0.3 is 69.9 Å². The Morgan fingerprint density at radius 3 is 0.868 bits per heavy atom. The molecular formula is C87H109F9O18S4Si3. The SMILES string of the molecule is C.C.CC1C(Oc2ccc3c(C(F)(F)F)cc(=O)oc3c2)O[C@H](COC(c2ccccc2)(c2ccccc2)c2ccccc2)[C@H]1O[Si](C)(C)C(C)(C)C.CC1[C@@H](Oc2ccc3c(C(F)(F)F)cc(=O)oc3c2)O[C@H](CO)[C@H]1O[Si](C)(C)C(C)(C)C.CC1[C@H](Oc2ccc3c(C(F)(F)F)cc(=O)oc3c2)O[C@H](CO)[C@H]1O[Si](C)(C)C(C)(C)C.S=S=S=S. The lowest BCUT2D eigenvalue weighted by molar-refractivity contribution is -0.137. The molecule has 0 aliphatic carbocycles. The third-order valence-corrected chi connectivity index (χ3v) is 38.4. The van der Waals surface area contributed by atoms with Crippen molar-refractivity contribution in [2.24, 2.45) is 17.8 Å². The smallest absolute Gasteiger partial charge is 0.417 e. The molecule has 3 aromatic heterocycles. The molecule has 3 aliphatic rings. The van der Waals surface area contributed by atoms with Gasteiger partial charge in [0.05, 0.1) is 54.8 Å². The van der Waals surface area contributed by atoms with Gasteiger partial charge >= 0.3 is 35.4 Å². The Morgan fingerprint density at radius 2 is 0.636 bits per heavy atom. The average molecular weight is 1830 g/mol. The number of benzene rings is 6. The van der Waals surface area contributed by atoms with Gasteiger partial charge in [0.15, 0.2) is 25.0 Å². The summed E-state index contributed by atoms with van der Waals surface area (Å²) in [5, 5.41) is 18.7. The predicted octanol–water partition coefficient (Wildman–Crippen LogP) is 21.1. The van der Waals surface area contributed by atoms with Crippen LogP contribution in [0.4, 0.5) is 39.5 Å². The fourth-order valence-corrected chi connectivity index (χ4v) is 17.5. The van der Waals surface area contributed by atoms with Crippen molar-refractivity contribution < 1.29 is 109 Å². The number of halogens is 9. The van der Waals surface area contributed by atoms with Crippen LogP contribution in [-0.4, -0.2) is 110 Å². The zero-order valence-electron chi connectivity index (χ0n) is 69.1. The van der Waals surface area contributed by atoms with Gasteiger partial charge in [0.2, 0.25) is 18.9 Å². The molecule has 34 heteroatoms. The molecule has 121 heavy (non-hydrogen) atoms. The maximum Gasteiger partial charge on any atom is 0.417 e. The molecule has 0 radical (unpaired) electrons. The first-order valence-corrected chi connectivity index (χ1v) is 51.1. The number of fused-ring (bicyclic) bond motifs is 3. The Kier molecular flexibility index (Phi) is 33.4. The lowest BCUT2D eigenvalue weighted by atomic mass is 9.80. The second-order valence-corrected chi connectivity index (χ2v) is 51.9. The highest BCUT2D eigenvalue weighted by Gasteiger charge is 2.54. The van der Waals surface area contributed by atoms with Gasteiger partial charge in [-0.05, 0) is 107 Å². The van der Waals surface area contributed by atoms with Crippen molar-refractivity contribution in [2.45, 2.75) is 232 Å². The molecule has 18 nitrogen and oxygen atoms in total. The molecule has 664 valence electrons. The third kappa shape index (κ3) is 23.9. The summed E-state index contributed by atoms with van der Waals surface area (Å²) in [7, 11) is -4.34. The summed E-state index contributed by atoms with van der Waals surface area (Å²) in [6.45, 7) is 37.3. The number of aliphatic hydroxyl groups excluding tert-OH is 2. The molecular weight excluding hydrogens is 1720 g/mol. The molecule has 0 amide bonds. The summed E-state index contributed by atoms with van der Waals surface area (Å²) in [6, 6.07) is 43.0. The maximum absolute atomic E-state index is 13.7. The number of ether oxygens (including phenoxy) is 7. The van der Waals surface area contributed by atoms with Gasteiger partial charge in [-0.25, -0.2) is 14.4 Å². The fraction of sp³-hybridized carbons (Fsp3) is 0.483.